The molecule has 4 aliphatic rings. The molecule has 1 saturated heterocycles. The number of alkyl halides is 3. The molecule has 50 heavy (non-hydrogen) atoms. The molecule has 0 aromatic heterocycles. The Kier molecular flexibility index (Phi) is 8.89. The molecule has 266 valence electrons. The lowest BCUT2D eigenvalue weighted by Crippen LogP contribution is -2.74. The van der Waals surface area contributed by atoms with Crippen LogP contribution in [0.3, 0.4) is 0 Å². The number of aliphatic hydroxyl groups is 1. The highest BCUT2D eigenvalue weighted by molar-refractivity contribution is 5.92. The van der Waals surface area contributed by atoms with Crippen LogP contribution < -0.4 is 9.47 Å². The summed E-state index contributed by atoms with van der Waals surface area (Å²) in [6, 6.07) is 10.9. The maximum absolute atomic E-state index is 14.0. The molecule has 1 spiro atoms. The molecule has 1 N–H and O–H groups in total. The molecule has 0 saturated carbocycles. The lowest BCUT2D eigenvalue weighted by molar-refractivity contribution is -0.203. The summed E-state index contributed by atoms with van der Waals surface area (Å²) in [5.41, 5.74) is -0.512. The predicted octanol–water partition coefficient (Wildman–Crippen LogP) is 2.75. The van der Waals surface area contributed by atoms with Gasteiger partial charge in [-0.05, 0) is 44.1 Å². The highest BCUT2D eigenvalue weighted by Gasteiger charge is 2.72. The molecular weight excluding hydrogens is 671 g/mol. The van der Waals surface area contributed by atoms with Crippen LogP contribution in [-0.2, 0) is 54.8 Å². The van der Waals surface area contributed by atoms with Crippen molar-refractivity contribution in [1.82, 2.24) is 4.90 Å². The molecule has 2 heterocycles. The lowest BCUT2D eigenvalue weighted by Gasteiger charge is -2.61. The second-order valence-corrected chi connectivity index (χ2v) is 12.5. The topological polar surface area (TPSA) is 164 Å². The van der Waals surface area contributed by atoms with Crippen molar-refractivity contribution in [2.75, 3.05) is 20.7 Å². The number of hydrogen-bond donors (Lipinski definition) is 1. The van der Waals surface area contributed by atoms with E-state index in [0.29, 0.717) is 30.9 Å². The van der Waals surface area contributed by atoms with Crippen LogP contribution in [0.5, 0.6) is 11.5 Å². The number of hydrogen-bond acceptors (Lipinski definition) is 13. The van der Waals surface area contributed by atoms with E-state index in [-0.39, 0.29) is 23.8 Å². The zero-order chi connectivity index (χ0) is 36.2. The van der Waals surface area contributed by atoms with Crippen molar-refractivity contribution >= 4 is 29.8 Å². The normalized spacial score (nSPS) is 25.9. The van der Waals surface area contributed by atoms with Crippen LogP contribution in [0.15, 0.2) is 54.3 Å². The predicted molar refractivity (Wildman–Crippen MR) is 160 cm³/mol. The van der Waals surface area contributed by atoms with E-state index in [2.05, 4.69) is 9.64 Å². The first kappa shape index (κ1) is 34.9. The second-order valence-electron chi connectivity index (χ2n) is 12.5. The van der Waals surface area contributed by atoms with Crippen LogP contribution in [0.4, 0.5) is 13.2 Å². The van der Waals surface area contributed by atoms with Crippen molar-refractivity contribution in [1.29, 1.82) is 0 Å². The number of rotatable bonds is 9. The van der Waals surface area contributed by atoms with Gasteiger partial charge in [0.1, 0.15) is 5.76 Å². The molecule has 1 fully saturated rings. The second kappa shape index (κ2) is 12.7. The number of benzene rings is 2. The van der Waals surface area contributed by atoms with Gasteiger partial charge < -0.3 is 38.4 Å². The van der Waals surface area contributed by atoms with Crippen molar-refractivity contribution in [3.8, 4) is 11.5 Å². The van der Waals surface area contributed by atoms with E-state index < -0.39 is 71.8 Å². The van der Waals surface area contributed by atoms with Gasteiger partial charge in [0.25, 0.3) is 0 Å². The first-order valence-corrected chi connectivity index (χ1v) is 15.6. The number of halogens is 3. The standard InChI is InChI=1S/C34H32F3NO12/c1-17(39)46-22(16-24(40)48-31(43)34(35,36)37)29(41)50-26(18-7-5-4-6-8-18)30(42)47-21-11-12-33(44)23-15-19-9-10-20(45-3)27-25(19)32(33,28(21)49-27)13-14-38(23)2/h4-11,22-23,26,28,44H,12-16H2,1-3H3/t22-,23+,26-,28-,32-,33+/m0/s1. The Bertz CT molecular complexity index is 1780. The minimum absolute atomic E-state index is 0.0387. The Morgan fingerprint density at radius 1 is 1.06 bits per heavy atom. The fraction of sp³-hybridized carbons (Fsp3) is 0.441. The Morgan fingerprint density at radius 2 is 1.78 bits per heavy atom. The summed E-state index contributed by atoms with van der Waals surface area (Å²) < 4.78 is 69.7. The molecule has 2 aromatic rings. The van der Waals surface area contributed by atoms with E-state index in [1.807, 2.05) is 13.1 Å². The van der Waals surface area contributed by atoms with Gasteiger partial charge >= 0.3 is 36.0 Å². The number of esters is 5. The van der Waals surface area contributed by atoms with Crippen LogP contribution in [0.2, 0.25) is 0 Å². The van der Waals surface area contributed by atoms with Gasteiger partial charge in [0, 0.05) is 30.5 Å². The fourth-order valence-electron chi connectivity index (χ4n) is 7.56. The summed E-state index contributed by atoms with van der Waals surface area (Å²) in [6.07, 6.45) is -9.25. The van der Waals surface area contributed by atoms with E-state index in [1.165, 1.54) is 31.4 Å². The summed E-state index contributed by atoms with van der Waals surface area (Å²) in [5.74, 6) is -7.57. The van der Waals surface area contributed by atoms with Gasteiger partial charge in [0.15, 0.2) is 17.6 Å². The van der Waals surface area contributed by atoms with Gasteiger partial charge in [-0.15, -0.1) is 0 Å². The van der Waals surface area contributed by atoms with Crippen LogP contribution in [-0.4, -0.2) is 90.6 Å². The summed E-state index contributed by atoms with van der Waals surface area (Å²) in [6.45, 7) is 1.45. The van der Waals surface area contributed by atoms with Crippen LogP contribution >= 0.6 is 0 Å². The van der Waals surface area contributed by atoms with Crippen molar-refractivity contribution in [2.24, 2.45) is 0 Å². The first-order chi connectivity index (χ1) is 23.6. The number of likely N-dealkylation sites (tertiary alicyclic amines) is 1. The molecule has 2 bridgehead atoms. The molecular formula is C34H32F3NO12. The third kappa shape index (κ3) is 5.75. The monoisotopic (exact) mass is 703 g/mol. The maximum Gasteiger partial charge on any atom is 0.491 e. The molecule has 16 heteroatoms. The zero-order valence-electron chi connectivity index (χ0n) is 27.0. The van der Waals surface area contributed by atoms with Gasteiger partial charge in [-0.1, -0.05) is 36.4 Å². The summed E-state index contributed by atoms with van der Waals surface area (Å²) in [5, 5.41) is 12.4. The molecule has 2 aliphatic carbocycles. The average molecular weight is 704 g/mol. The van der Waals surface area contributed by atoms with Crippen molar-refractivity contribution < 1.29 is 70.7 Å². The number of carbonyl (C=O) groups excluding carboxylic acids is 5. The van der Waals surface area contributed by atoms with Crippen LogP contribution in [0, 0.1) is 0 Å². The number of ether oxygens (including phenoxy) is 6. The van der Waals surface area contributed by atoms with E-state index in [1.54, 1.807) is 18.2 Å². The van der Waals surface area contributed by atoms with Gasteiger partial charge in [-0.2, -0.15) is 13.2 Å². The maximum atomic E-state index is 14.0. The number of carbonyl (C=O) groups is 5. The van der Waals surface area contributed by atoms with Gasteiger partial charge in [-0.3, -0.25) is 9.59 Å². The van der Waals surface area contributed by atoms with Crippen molar-refractivity contribution in [3.05, 3.63) is 71.0 Å². The Labute approximate surface area is 282 Å². The Morgan fingerprint density at radius 3 is 2.44 bits per heavy atom. The Hall–Kier alpha value is -4.96. The SMILES string of the molecule is COc1ccc2c3c1O[C@H]1C(OC(=O)[C@@H](OC(=O)[C@H](CC(=O)OC(=O)C(F)(F)F)OC(C)=O)c4ccccc4)=CC[C@@]4(O)[C@@H](C2)N(C)CC[C@]314. The number of likely N-dealkylation sites (N-methyl/N-ethyl adjacent to an activating group) is 1. The largest absolute Gasteiger partial charge is 0.493 e. The quantitative estimate of drug-likeness (QED) is 0.231. The van der Waals surface area contributed by atoms with Crippen molar-refractivity contribution in [2.45, 2.75) is 74.2 Å². The van der Waals surface area contributed by atoms with Crippen LogP contribution in [0.25, 0.3) is 0 Å². The Balaban J connectivity index is 1.29. The molecule has 2 aliphatic heterocycles. The molecule has 6 atom stereocenters. The zero-order valence-corrected chi connectivity index (χ0v) is 27.0. The number of piperidine rings is 1. The number of methoxy groups -OCH3 is 1. The highest BCUT2D eigenvalue weighted by atomic mass is 19.4. The minimum Gasteiger partial charge on any atom is -0.493 e. The lowest BCUT2D eigenvalue weighted by atomic mass is 9.50. The smallest absolute Gasteiger partial charge is 0.491 e. The van der Waals surface area contributed by atoms with Gasteiger partial charge in [0.2, 0.25) is 12.2 Å². The molecule has 0 amide bonds. The molecule has 0 radical (unpaired) electrons. The van der Waals surface area contributed by atoms with E-state index in [9.17, 15) is 42.3 Å². The summed E-state index contributed by atoms with van der Waals surface area (Å²) >= 11 is 0. The minimum atomic E-state index is -5.51. The third-order valence-electron chi connectivity index (χ3n) is 9.69. The number of nitrogens with zero attached hydrogens (tertiary/aromatic N) is 1. The molecule has 2 aromatic carbocycles. The fourth-order valence-corrected chi connectivity index (χ4v) is 7.56. The first-order valence-electron chi connectivity index (χ1n) is 15.6. The highest BCUT2D eigenvalue weighted by Crippen LogP contribution is 2.65. The average Bonchev–Trinajstić information content (AvgIpc) is 3.42. The van der Waals surface area contributed by atoms with Crippen molar-refractivity contribution in [3.63, 3.8) is 0 Å². The van der Waals surface area contributed by atoms with E-state index in [4.69, 9.17) is 23.7 Å². The summed E-state index contributed by atoms with van der Waals surface area (Å²) in [4.78, 5) is 64.3. The molecule has 6 rings (SSSR count). The third-order valence-corrected chi connectivity index (χ3v) is 9.69. The molecule has 13 nitrogen and oxygen atoms in total. The molecule has 0 unspecified atom stereocenters. The van der Waals surface area contributed by atoms with E-state index in [0.717, 1.165) is 18.1 Å². The van der Waals surface area contributed by atoms with Crippen LogP contribution in [0.1, 0.15) is 49.0 Å². The summed E-state index contributed by atoms with van der Waals surface area (Å²) in [7, 11) is 3.42. The van der Waals surface area contributed by atoms with Gasteiger partial charge in [-0.25, -0.2) is 14.4 Å². The van der Waals surface area contributed by atoms with E-state index >= 15 is 0 Å². The van der Waals surface area contributed by atoms with Gasteiger partial charge in [0.05, 0.1) is 24.5 Å².